The average Bonchev–Trinajstić information content (AvgIpc) is 3.12. The van der Waals surface area contributed by atoms with Crippen molar-refractivity contribution in [1.29, 1.82) is 0 Å². The molecule has 2 amide bonds. The molecule has 1 atom stereocenters. The number of halogens is 1. The summed E-state index contributed by atoms with van der Waals surface area (Å²) in [4.78, 5) is 32.3. The topological polar surface area (TPSA) is 76.5 Å². The summed E-state index contributed by atoms with van der Waals surface area (Å²) in [6.45, 7) is 2.12. The minimum atomic E-state index is -0.0929. The van der Waals surface area contributed by atoms with Gasteiger partial charge in [-0.05, 0) is 43.4 Å². The molecular weight excluding hydrogens is 452 g/mol. The van der Waals surface area contributed by atoms with Gasteiger partial charge in [0.15, 0.2) is 5.69 Å². The lowest BCUT2D eigenvalue weighted by molar-refractivity contribution is -0.127. The largest absolute Gasteiger partial charge is 0.365 e. The summed E-state index contributed by atoms with van der Waals surface area (Å²) in [6.07, 6.45) is 10.2. The lowest BCUT2D eigenvalue weighted by atomic mass is 9.94. The quantitative estimate of drug-likeness (QED) is 0.648. The number of benzene rings is 1. The van der Waals surface area contributed by atoms with Crippen LogP contribution >= 0.6 is 11.6 Å². The van der Waals surface area contributed by atoms with Crippen molar-refractivity contribution in [2.24, 2.45) is 5.92 Å². The highest BCUT2D eigenvalue weighted by molar-refractivity contribution is 6.30. The molecule has 3 heterocycles. The molecule has 1 saturated carbocycles. The lowest BCUT2D eigenvalue weighted by Crippen LogP contribution is -2.45. The van der Waals surface area contributed by atoms with Gasteiger partial charge in [-0.2, -0.15) is 0 Å². The van der Waals surface area contributed by atoms with Crippen LogP contribution < -0.4 is 5.32 Å². The summed E-state index contributed by atoms with van der Waals surface area (Å²) in [7, 11) is 0. The first-order chi connectivity index (χ1) is 16.6. The monoisotopic (exact) mass is 484 g/mol. The van der Waals surface area contributed by atoms with E-state index in [1.807, 2.05) is 33.7 Å². The highest BCUT2D eigenvalue weighted by Crippen LogP contribution is 2.29. The molecule has 2 aromatic rings. The molecule has 0 spiro atoms. The second-order valence-electron chi connectivity index (χ2n) is 9.81. The van der Waals surface area contributed by atoms with E-state index in [0.717, 1.165) is 24.1 Å². The van der Waals surface area contributed by atoms with Gasteiger partial charge in [-0.1, -0.05) is 49.4 Å². The van der Waals surface area contributed by atoms with E-state index in [1.54, 1.807) is 6.33 Å². The van der Waals surface area contributed by atoms with E-state index in [0.29, 0.717) is 55.8 Å². The van der Waals surface area contributed by atoms with Gasteiger partial charge in [0, 0.05) is 30.1 Å². The minimum Gasteiger partial charge on any atom is -0.365 e. The van der Waals surface area contributed by atoms with Crippen molar-refractivity contribution in [3.63, 3.8) is 0 Å². The van der Waals surface area contributed by atoms with Crippen molar-refractivity contribution in [2.45, 2.75) is 76.7 Å². The summed E-state index contributed by atoms with van der Waals surface area (Å²) < 4.78 is 8.09. The van der Waals surface area contributed by atoms with Crippen molar-refractivity contribution in [3.05, 3.63) is 52.6 Å². The number of nitrogens with zero attached hydrogens (tertiary/aromatic N) is 3. The maximum absolute atomic E-state index is 13.2. The van der Waals surface area contributed by atoms with E-state index in [9.17, 15) is 9.59 Å². The molecular formula is C26H33ClN4O3. The Morgan fingerprint density at radius 2 is 1.71 bits per heavy atom. The molecule has 0 unspecified atom stereocenters. The van der Waals surface area contributed by atoms with E-state index < -0.39 is 0 Å². The zero-order valence-corrected chi connectivity index (χ0v) is 20.3. The zero-order valence-electron chi connectivity index (χ0n) is 19.5. The first kappa shape index (κ1) is 23.4. The predicted molar refractivity (Wildman–Crippen MR) is 129 cm³/mol. The molecule has 8 heteroatoms. The Morgan fingerprint density at radius 3 is 2.41 bits per heavy atom. The van der Waals surface area contributed by atoms with Crippen LogP contribution in [0.5, 0.6) is 0 Å². The summed E-state index contributed by atoms with van der Waals surface area (Å²) in [5.74, 6) is 0.0941. The van der Waals surface area contributed by atoms with E-state index >= 15 is 0 Å². The van der Waals surface area contributed by atoms with Crippen LogP contribution in [0.4, 0.5) is 0 Å². The van der Waals surface area contributed by atoms with E-state index in [4.69, 9.17) is 16.3 Å². The predicted octanol–water partition coefficient (Wildman–Crippen LogP) is 4.50. The highest BCUT2D eigenvalue weighted by atomic mass is 35.5. The number of aromatic nitrogens is 2. The fourth-order valence-corrected chi connectivity index (χ4v) is 5.55. The molecule has 1 aromatic heterocycles. The number of imidazole rings is 1. The molecule has 182 valence electrons. The van der Waals surface area contributed by atoms with E-state index in [2.05, 4.69) is 10.3 Å². The molecule has 1 N–H and O–H groups in total. The van der Waals surface area contributed by atoms with Crippen LogP contribution in [0.2, 0.25) is 5.02 Å². The smallest absolute Gasteiger partial charge is 0.274 e. The molecule has 1 aliphatic carbocycles. The molecule has 1 aromatic carbocycles. The fraction of sp³-hybridized carbons (Fsp3) is 0.577. The van der Waals surface area contributed by atoms with Crippen LogP contribution in [-0.2, 0) is 22.7 Å². The molecule has 0 bridgehead atoms. The fourth-order valence-electron chi connectivity index (χ4n) is 5.42. The third-order valence-corrected chi connectivity index (χ3v) is 7.78. The van der Waals surface area contributed by atoms with Gasteiger partial charge in [-0.25, -0.2) is 4.98 Å². The molecule has 5 rings (SSSR count). The third-order valence-electron chi connectivity index (χ3n) is 7.53. The van der Waals surface area contributed by atoms with Gasteiger partial charge in [0.05, 0.1) is 25.2 Å². The first-order valence-electron chi connectivity index (χ1n) is 12.6. The zero-order chi connectivity index (χ0) is 23.5. The Balaban J connectivity index is 1.16. The van der Waals surface area contributed by atoms with Crippen LogP contribution in [-0.4, -0.2) is 45.4 Å². The van der Waals surface area contributed by atoms with Crippen LogP contribution in [0.15, 0.2) is 30.6 Å². The Bertz CT molecular complexity index is 1010. The van der Waals surface area contributed by atoms with Crippen molar-refractivity contribution in [2.75, 3.05) is 13.1 Å². The lowest BCUT2D eigenvalue weighted by Gasteiger charge is -2.32. The number of nitrogens with one attached hydrogen (secondary N) is 1. The molecule has 2 fully saturated rings. The van der Waals surface area contributed by atoms with Gasteiger partial charge in [-0.3, -0.25) is 9.59 Å². The standard InChI is InChI=1S/C26H33ClN4O3/c27-20-9-7-18(8-10-20)23-15-31-17-28-24(22(31)16-34-23)26(33)30-13-11-19(12-14-30)25(32)29-21-5-3-1-2-4-6-21/h7-10,17,19,21,23H,1-6,11-16H2,(H,29,32)/t23-/m1/s1. The van der Waals surface area contributed by atoms with Crippen LogP contribution in [0.3, 0.4) is 0 Å². The molecule has 2 aliphatic heterocycles. The number of hydrogen-bond donors (Lipinski definition) is 1. The summed E-state index contributed by atoms with van der Waals surface area (Å²) in [5, 5.41) is 3.98. The van der Waals surface area contributed by atoms with Gasteiger partial charge < -0.3 is 19.5 Å². The summed E-state index contributed by atoms with van der Waals surface area (Å²) in [5.41, 5.74) is 2.35. The van der Waals surface area contributed by atoms with E-state index in [-0.39, 0.29) is 23.8 Å². The second kappa shape index (κ2) is 10.5. The van der Waals surface area contributed by atoms with Gasteiger partial charge in [0.2, 0.25) is 5.91 Å². The Labute approximate surface area is 205 Å². The molecule has 0 radical (unpaired) electrons. The van der Waals surface area contributed by atoms with Crippen molar-refractivity contribution in [3.8, 4) is 0 Å². The van der Waals surface area contributed by atoms with Crippen molar-refractivity contribution >= 4 is 23.4 Å². The van der Waals surface area contributed by atoms with Crippen molar-refractivity contribution in [1.82, 2.24) is 19.8 Å². The molecule has 7 nitrogen and oxygen atoms in total. The van der Waals surface area contributed by atoms with Crippen molar-refractivity contribution < 1.29 is 14.3 Å². The Hall–Kier alpha value is -2.38. The number of amides is 2. The van der Waals surface area contributed by atoms with Gasteiger partial charge >= 0.3 is 0 Å². The summed E-state index contributed by atoms with van der Waals surface area (Å²) in [6, 6.07) is 7.98. The number of carbonyl (C=O) groups is 2. The number of ether oxygens (including phenoxy) is 1. The number of likely N-dealkylation sites (tertiary alicyclic amines) is 1. The second-order valence-corrected chi connectivity index (χ2v) is 10.2. The van der Waals surface area contributed by atoms with Gasteiger partial charge in [-0.15, -0.1) is 0 Å². The number of carbonyl (C=O) groups excluding carboxylic acids is 2. The molecule has 3 aliphatic rings. The SMILES string of the molecule is O=C(NC1CCCCCC1)C1CCN(C(=O)c2ncn3c2CO[C@@H](c2ccc(Cl)cc2)C3)CC1. The average molecular weight is 485 g/mol. The Morgan fingerprint density at radius 1 is 1.00 bits per heavy atom. The van der Waals surface area contributed by atoms with Crippen LogP contribution in [0, 0.1) is 5.92 Å². The number of rotatable bonds is 4. The third kappa shape index (κ3) is 5.15. The number of hydrogen-bond acceptors (Lipinski definition) is 4. The van der Waals surface area contributed by atoms with Crippen LogP contribution in [0.25, 0.3) is 0 Å². The molecule has 34 heavy (non-hydrogen) atoms. The maximum atomic E-state index is 13.2. The van der Waals surface area contributed by atoms with Crippen LogP contribution in [0.1, 0.15) is 79.2 Å². The maximum Gasteiger partial charge on any atom is 0.274 e. The van der Waals surface area contributed by atoms with Gasteiger partial charge in [0.1, 0.15) is 6.10 Å². The number of fused-ring (bicyclic) bond motifs is 1. The normalized spacial score (nSPS) is 22.1. The van der Waals surface area contributed by atoms with Gasteiger partial charge in [0.25, 0.3) is 5.91 Å². The first-order valence-corrected chi connectivity index (χ1v) is 13.0. The number of piperidine rings is 1. The minimum absolute atomic E-state index is 0.00770. The van der Waals surface area contributed by atoms with E-state index in [1.165, 1.54) is 25.7 Å². The highest BCUT2D eigenvalue weighted by Gasteiger charge is 2.32. The molecule has 1 saturated heterocycles. The Kier molecular flexibility index (Phi) is 7.21. The summed E-state index contributed by atoms with van der Waals surface area (Å²) >= 11 is 6.00.